The number of aromatic nitrogens is 2. The highest BCUT2D eigenvalue weighted by Gasteiger charge is 2.29. The van der Waals surface area contributed by atoms with Crippen molar-refractivity contribution in [2.75, 3.05) is 10.2 Å². The Morgan fingerprint density at radius 3 is 2.72 bits per heavy atom. The van der Waals surface area contributed by atoms with E-state index in [1.54, 1.807) is 29.2 Å². The standard InChI is InChI=1S/C17H18F2N4O2/c1-10-6-7-15(24)23(10)12-5-3-4-11(8-12)20-17(25)14-9-13(16(18)19)21-22(14)2/h3-5,8-10,16H,6-7H2,1-2H3,(H,20,25). The Hall–Kier alpha value is -2.77. The van der Waals surface area contributed by atoms with Gasteiger partial charge in [0, 0.05) is 30.9 Å². The first-order valence-corrected chi connectivity index (χ1v) is 7.92. The summed E-state index contributed by atoms with van der Waals surface area (Å²) >= 11 is 0. The number of carbonyl (C=O) groups is 2. The molecular formula is C17H18F2N4O2. The van der Waals surface area contributed by atoms with Gasteiger partial charge in [-0.1, -0.05) is 6.07 Å². The lowest BCUT2D eigenvalue weighted by Crippen LogP contribution is -2.30. The number of hydrogen-bond acceptors (Lipinski definition) is 3. The number of aryl methyl sites for hydroxylation is 1. The minimum absolute atomic E-state index is 0.0336. The van der Waals surface area contributed by atoms with Gasteiger partial charge in [-0.05, 0) is 37.6 Å². The van der Waals surface area contributed by atoms with Crippen molar-refractivity contribution in [1.29, 1.82) is 0 Å². The Kier molecular flexibility index (Phi) is 4.52. The van der Waals surface area contributed by atoms with Crippen LogP contribution in [0.25, 0.3) is 0 Å². The Morgan fingerprint density at radius 1 is 1.36 bits per heavy atom. The average Bonchev–Trinajstić information content (AvgIpc) is 3.10. The van der Waals surface area contributed by atoms with E-state index in [-0.39, 0.29) is 17.6 Å². The van der Waals surface area contributed by atoms with Crippen LogP contribution in [0, 0.1) is 0 Å². The molecule has 0 saturated carbocycles. The predicted molar refractivity (Wildman–Crippen MR) is 88.7 cm³/mol. The van der Waals surface area contributed by atoms with Crippen LogP contribution in [0.1, 0.15) is 42.4 Å². The van der Waals surface area contributed by atoms with Gasteiger partial charge in [0.05, 0.1) is 0 Å². The van der Waals surface area contributed by atoms with Crippen LogP contribution in [0.15, 0.2) is 30.3 Å². The first-order valence-electron chi connectivity index (χ1n) is 7.92. The Morgan fingerprint density at radius 2 is 2.12 bits per heavy atom. The number of anilines is 2. The summed E-state index contributed by atoms with van der Waals surface area (Å²) in [4.78, 5) is 26.0. The lowest BCUT2D eigenvalue weighted by atomic mass is 10.2. The third kappa shape index (κ3) is 3.38. The van der Waals surface area contributed by atoms with Crippen molar-refractivity contribution in [3.63, 3.8) is 0 Å². The lowest BCUT2D eigenvalue weighted by molar-refractivity contribution is -0.117. The third-order valence-electron chi connectivity index (χ3n) is 4.22. The molecule has 2 aromatic rings. The van der Waals surface area contributed by atoms with Gasteiger partial charge in [-0.2, -0.15) is 5.10 Å². The maximum Gasteiger partial charge on any atom is 0.282 e. The van der Waals surface area contributed by atoms with E-state index in [0.29, 0.717) is 17.8 Å². The first kappa shape index (κ1) is 17.1. The highest BCUT2D eigenvalue weighted by Crippen LogP contribution is 2.28. The zero-order chi connectivity index (χ0) is 18.1. The van der Waals surface area contributed by atoms with Crippen molar-refractivity contribution in [3.8, 4) is 0 Å². The number of amides is 2. The summed E-state index contributed by atoms with van der Waals surface area (Å²) in [5.74, 6) is -0.496. The SMILES string of the molecule is CC1CCC(=O)N1c1cccc(NC(=O)c2cc(C(F)F)nn2C)c1. The summed E-state index contributed by atoms with van der Waals surface area (Å²) in [6, 6.07) is 8.07. The topological polar surface area (TPSA) is 67.2 Å². The normalized spacial score (nSPS) is 17.4. The van der Waals surface area contributed by atoms with E-state index in [4.69, 9.17) is 0 Å². The molecule has 2 heterocycles. The number of benzene rings is 1. The molecule has 1 aliphatic heterocycles. The molecule has 2 amide bonds. The Balaban J connectivity index is 1.80. The molecular weight excluding hydrogens is 330 g/mol. The highest BCUT2D eigenvalue weighted by atomic mass is 19.3. The summed E-state index contributed by atoms with van der Waals surface area (Å²) in [7, 11) is 1.43. The maximum atomic E-state index is 12.7. The molecule has 8 heteroatoms. The molecule has 0 aliphatic carbocycles. The number of alkyl halides is 2. The van der Waals surface area contributed by atoms with Crippen molar-refractivity contribution >= 4 is 23.2 Å². The van der Waals surface area contributed by atoms with E-state index < -0.39 is 18.0 Å². The fraction of sp³-hybridized carbons (Fsp3) is 0.353. The van der Waals surface area contributed by atoms with Crippen LogP contribution in [-0.4, -0.2) is 27.6 Å². The minimum Gasteiger partial charge on any atom is -0.321 e. The molecule has 1 aromatic carbocycles. The number of rotatable bonds is 4. The summed E-state index contributed by atoms with van der Waals surface area (Å²) in [6.07, 6.45) is -1.44. The third-order valence-corrected chi connectivity index (χ3v) is 4.22. The van der Waals surface area contributed by atoms with Crippen LogP contribution in [0.2, 0.25) is 0 Å². The second kappa shape index (κ2) is 6.62. The predicted octanol–water partition coefficient (Wildman–Crippen LogP) is 3.13. The quantitative estimate of drug-likeness (QED) is 0.923. The van der Waals surface area contributed by atoms with Gasteiger partial charge in [-0.25, -0.2) is 8.78 Å². The Labute approximate surface area is 143 Å². The fourth-order valence-electron chi connectivity index (χ4n) is 2.96. The molecule has 0 bridgehead atoms. The summed E-state index contributed by atoms with van der Waals surface area (Å²) in [5, 5.41) is 6.29. The van der Waals surface area contributed by atoms with E-state index in [9.17, 15) is 18.4 Å². The molecule has 1 fully saturated rings. The van der Waals surface area contributed by atoms with Crippen LogP contribution in [0.4, 0.5) is 20.2 Å². The van der Waals surface area contributed by atoms with E-state index in [0.717, 1.165) is 17.2 Å². The van der Waals surface area contributed by atoms with Gasteiger partial charge in [-0.3, -0.25) is 14.3 Å². The smallest absolute Gasteiger partial charge is 0.282 e. The number of nitrogens with zero attached hydrogens (tertiary/aromatic N) is 3. The van der Waals surface area contributed by atoms with Crippen molar-refractivity contribution in [3.05, 3.63) is 41.7 Å². The van der Waals surface area contributed by atoms with Crippen molar-refractivity contribution < 1.29 is 18.4 Å². The van der Waals surface area contributed by atoms with Crippen LogP contribution >= 0.6 is 0 Å². The minimum atomic E-state index is -2.74. The second-order valence-corrected chi connectivity index (χ2v) is 6.03. The maximum absolute atomic E-state index is 12.7. The molecule has 1 saturated heterocycles. The molecule has 1 aliphatic rings. The fourth-order valence-corrected chi connectivity index (χ4v) is 2.96. The molecule has 6 nitrogen and oxygen atoms in total. The highest BCUT2D eigenvalue weighted by molar-refractivity contribution is 6.04. The van der Waals surface area contributed by atoms with Crippen LogP contribution < -0.4 is 10.2 Å². The molecule has 25 heavy (non-hydrogen) atoms. The van der Waals surface area contributed by atoms with E-state index in [1.807, 2.05) is 6.92 Å². The Bertz CT molecular complexity index is 819. The molecule has 0 radical (unpaired) electrons. The van der Waals surface area contributed by atoms with Crippen LogP contribution in [0.5, 0.6) is 0 Å². The number of nitrogens with one attached hydrogen (secondary N) is 1. The molecule has 1 N–H and O–H groups in total. The molecule has 132 valence electrons. The second-order valence-electron chi connectivity index (χ2n) is 6.03. The number of carbonyl (C=O) groups excluding carboxylic acids is 2. The molecule has 0 spiro atoms. The van der Waals surface area contributed by atoms with Crippen molar-refractivity contribution in [1.82, 2.24) is 9.78 Å². The van der Waals surface area contributed by atoms with Gasteiger partial charge in [0.2, 0.25) is 5.91 Å². The monoisotopic (exact) mass is 348 g/mol. The van der Waals surface area contributed by atoms with Crippen LogP contribution in [-0.2, 0) is 11.8 Å². The van der Waals surface area contributed by atoms with Gasteiger partial charge in [0.15, 0.2) is 0 Å². The zero-order valence-corrected chi connectivity index (χ0v) is 13.9. The van der Waals surface area contributed by atoms with E-state index >= 15 is 0 Å². The van der Waals surface area contributed by atoms with Gasteiger partial charge < -0.3 is 10.2 Å². The van der Waals surface area contributed by atoms with Gasteiger partial charge in [0.25, 0.3) is 12.3 Å². The number of hydrogen-bond donors (Lipinski definition) is 1. The summed E-state index contributed by atoms with van der Waals surface area (Å²) in [6.45, 7) is 1.97. The summed E-state index contributed by atoms with van der Waals surface area (Å²) < 4.78 is 26.5. The molecule has 3 rings (SSSR count). The van der Waals surface area contributed by atoms with Crippen LogP contribution in [0.3, 0.4) is 0 Å². The average molecular weight is 348 g/mol. The zero-order valence-electron chi connectivity index (χ0n) is 13.9. The van der Waals surface area contributed by atoms with Crippen molar-refractivity contribution in [2.24, 2.45) is 7.05 Å². The lowest BCUT2D eigenvalue weighted by Gasteiger charge is -2.22. The van der Waals surface area contributed by atoms with E-state index in [1.165, 1.54) is 7.05 Å². The molecule has 1 unspecified atom stereocenters. The van der Waals surface area contributed by atoms with Gasteiger partial charge in [-0.15, -0.1) is 0 Å². The van der Waals surface area contributed by atoms with Gasteiger partial charge in [0.1, 0.15) is 11.4 Å². The summed E-state index contributed by atoms with van der Waals surface area (Å²) in [5.41, 5.74) is 0.768. The largest absolute Gasteiger partial charge is 0.321 e. The molecule has 1 aromatic heterocycles. The molecule has 1 atom stereocenters. The van der Waals surface area contributed by atoms with Gasteiger partial charge >= 0.3 is 0 Å². The van der Waals surface area contributed by atoms with E-state index in [2.05, 4.69) is 10.4 Å². The van der Waals surface area contributed by atoms with Crippen molar-refractivity contribution in [2.45, 2.75) is 32.2 Å². The number of halogens is 2. The first-order chi connectivity index (χ1) is 11.9.